The Labute approximate surface area is 151 Å². The second-order valence-corrected chi connectivity index (χ2v) is 6.80. The predicted octanol–water partition coefficient (Wildman–Crippen LogP) is 4.25. The molecular weight excluding hydrogens is 425 g/mol. The molecule has 1 unspecified atom stereocenters. The molecule has 0 saturated carbocycles. The van der Waals surface area contributed by atoms with Crippen LogP contribution in [0.3, 0.4) is 0 Å². The summed E-state index contributed by atoms with van der Waals surface area (Å²) in [5, 5.41) is 8.76. The van der Waals surface area contributed by atoms with Crippen LogP contribution in [-0.2, 0) is 11.3 Å². The van der Waals surface area contributed by atoms with Gasteiger partial charge in [0.2, 0.25) is 6.30 Å². The van der Waals surface area contributed by atoms with Gasteiger partial charge >= 0.3 is 6.09 Å². The highest BCUT2D eigenvalue weighted by atomic mass is 79.9. The first kappa shape index (κ1) is 17.7. The van der Waals surface area contributed by atoms with E-state index in [0.717, 1.165) is 15.9 Å². The zero-order valence-electron chi connectivity index (χ0n) is 12.3. The van der Waals surface area contributed by atoms with Crippen molar-refractivity contribution in [2.75, 3.05) is 0 Å². The van der Waals surface area contributed by atoms with Crippen molar-refractivity contribution in [1.82, 2.24) is 14.8 Å². The number of hydrogen-bond acceptors (Lipinski definition) is 5. The second-order valence-electron chi connectivity index (χ2n) is 4.89. The monoisotopic (exact) mass is 434 g/mol. The normalized spacial score (nSPS) is 12.7. The van der Waals surface area contributed by atoms with E-state index in [0.29, 0.717) is 20.4 Å². The number of nitrogens with zero attached hydrogens (tertiary/aromatic N) is 3. The number of carbonyl (C=O) groups is 1. The maximum Gasteiger partial charge on any atom is 0.404 e. The summed E-state index contributed by atoms with van der Waals surface area (Å²) in [6.45, 7) is -0.204. The van der Waals surface area contributed by atoms with Crippen LogP contribution in [0.25, 0.3) is 21.6 Å². The number of halogens is 4. The number of hydrogen-bond donors (Lipinski definition) is 1. The molecule has 0 aliphatic rings. The van der Waals surface area contributed by atoms with Gasteiger partial charge in [-0.1, -0.05) is 33.3 Å². The summed E-state index contributed by atoms with van der Waals surface area (Å²) in [4.78, 5) is 10.6. The van der Waals surface area contributed by atoms with Crippen molar-refractivity contribution in [3.63, 3.8) is 0 Å². The highest BCUT2D eigenvalue weighted by Crippen LogP contribution is 2.38. The number of carbonyl (C=O) groups excluding carboxylic acids is 1. The highest BCUT2D eigenvalue weighted by molar-refractivity contribution is 9.10. The Kier molecular flexibility index (Phi) is 4.95. The summed E-state index contributed by atoms with van der Waals surface area (Å²) in [5.41, 5.74) is 5.32. The van der Waals surface area contributed by atoms with Crippen LogP contribution < -0.4 is 5.73 Å². The molecule has 1 amide bonds. The topological polar surface area (TPSA) is 83.0 Å². The molecule has 0 fully saturated rings. The first-order valence-corrected chi connectivity index (χ1v) is 8.46. The molecule has 1 atom stereocenters. The Morgan fingerprint density at radius 2 is 2.12 bits per heavy atom. The number of benzene rings is 1. The van der Waals surface area contributed by atoms with Gasteiger partial charge in [0, 0.05) is 9.86 Å². The lowest BCUT2D eigenvalue weighted by Gasteiger charge is -2.13. The number of amides is 1. The van der Waals surface area contributed by atoms with E-state index in [9.17, 15) is 18.0 Å². The minimum atomic E-state index is -3.21. The van der Waals surface area contributed by atoms with Crippen LogP contribution in [0.5, 0.6) is 0 Å². The third-order valence-corrected chi connectivity index (χ3v) is 4.92. The van der Waals surface area contributed by atoms with Gasteiger partial charge in [-0.15, -0.1) is 10.2 Å². The molecule has 0 radical (unpaired) electrons. The molecule has 0 bridgehead atoms. The van der Waals surface area contributed by atoms with Crippen LogP contribution in [-0.4, -0.2) is 27.3 Å². The largest absolute Gasteiger partial charge is 0.442 e. The number of nitrogens with two attached hydrogens (primary N) is 1. The number of rotatable bonds is 5. The van der Waals surface area contributed by atoms with Crippen LogP contribution in [0.2, 0.25) is 0 Å². The lowest BCUT2D eigenvalue weighted by molar-refractivity contribution is 0.0115. The Balaban J connectivity index is 2.10. The van der Waals surface area contributed by atoms with Gasteiger partial charge in [-0.25, -0.2) is 18.0 Å². The molecule has 2 heterocycles. The fraction of sp³-hybridized carbons (Fsp3) is 0.214. The first-order valence-electron chi connectivity index (χ1n) is 6.85. The number of ether oxygens (including phenoxy) is 1. The summed E-state index contributed by atoms with van der Waals surface area (Å²) >= 11 is 4.31. The smallest absolute Gasteiger partial charge is 0.404 e. The number of aromatic nitrogens is 3. The maximum atomic E-state index is 14.2. The predicted molar refractivity (Wildman–Crippen MR) is 89.1 cm³/mol. The Hall–Kier alpha value is -2.14. The molecular formula is C14H10BrF3N4O2S. The zero-order chi connectivity index (χ0) is 18.1. The van der Waals surface area contributed by atoms with Crippen LogP contribution in [0.4, 0.5) is 18.0 Å². The summed E-state index contributed by atoms with van der Waals surface area (Å²) in [5.74, 6) is 0. The van der Waals surface area contributed by atoms with E-state index in [1.807, 2.05) is 0 Å². The Morgan fingerprint density at radius 1 is 1.36 bits per heavy atom. The third kappa shape index (κ3) is 3.47. The van der Waals surface area contributed by atoms with Crippen LogP contribution >= 0.6 is 27.3 Å². The lowest BCUT2D eigenvalue weighted by atomic mass is 10.2. The third-order valence-electron chi connectivity index (χ3n) is 3.31. The summed E-state index contributed by atoms with van der Waals surface area (Å²) in [7, 11) is 0. The van der Waals surface area contributed by atoms with Gasteiger partial charge in [0.1, 0.15) is 6.61 Å². The highest BCUT2D eigenvalue weighted by Gasteiger charge is 2.28. The standard InChI is InChI=1S/C14H10BrF3N4O2S/c15-7-2-1-3-8-6(7)4-9(22(8)12(18)11(16)17)13-21-20-10(25-13)5-24-14(19)23/h1-4,11-12H,5H2,(H2,19,23). The Bertz CT molecular complexity index is 930. The van der Waals surface area contributed by atoms with Crippen LogP contribution in [0.15, 0.2) is 28.7 Å². The molecule has 0 aliphatic heterocycles. The first-order chi connectivity index (χ1) is 11.9. The molecule has 2 aromatic heterocycles. The van der Waals surface area contributed by atoms with E-state index >= 15 is 0 Å². The van der Waals surface area contributed by atoms with Crippen molar-refractivity contribution < 1.29 is 22.7 Å². The summed E-state index contributed by atoms with van der Waals surface area (Å²) < 4.78 is 46.4. The van der Waals surface area contributed by atoms with Crippen molar-refractivity contribution >= 4 is 44.3 Å². The van der Waals surface area contributed by atoms with Gasteiger partial charge < -0.3 is 15.0 Å². The fourth-order valence-electron chi connectivity index (χ4n) is 2.31. The van der Waals surface area contributed by atoms with E-state index in [1.54, 1.807) is 18.2 Å². The van der Waals surface area contributed by atoms with Crippen LogP contribution in [0, 0.1) is 0 Å². The number of fused-ring (bicyclic) bond motifs is 1. The van der Waals surface area contributed by atoms with E-state index in [2.05, 4.69) is 30.9 Å². The molecule has 3 aromatic rings. The molecule has 1 aromatic carbocycles. The molecule has 0 aliphatic carbocycles. The van der Waals surface area contributed by atoms with Gasteiger partial charge in [0.15, 0.2) is 10.0 Å². The van der Waals surface area contributed by atoms with Gasteiger partial charge in [0.25, 0.3) is 6.43 Å². The van der Waals surface area contributed by atoms with Crippen molar-refractivity contribution in [3.8, 4) is 10.7 Å². The van der Waals surface area contributed by atoms with E-state index < -0.39 is 18.8 Å². The molecule has 132 valence electrons. The molecule has 25 heavy (non-hydrogen) atoms. The van der Waals surface area contributed by atoms with E-state index in [4.69, 9.17) is 5.73 Å². The van der Waals surface area contributed by atoms with Crippen molar-refractivity contribution in [2.45, 2.75) is 19.3 Å². The average molecular weight is 435 g/mol. The zero-order valence-corrected chi connectivity index (χ0v) is 14.7. The molecule has 6 nitrogen and oxygen atoms in total. The van der Waals surface area contributed by atoms with Gasteiger partial charge in [-0.05, 0) is 18.2 Å². The van der Waals surface area contributed by atoms with E-state index in [-0.39, 0.29) is 17.3 Å². The van der Waals surface area contributed by atoms with Crippen LogP contribution in [0.1, 0.15) is 11.3 Å². The van der Waals surface area contributed by atoms with Gasteiger partial charge in [0.05, 0.1) is 11.2 Å². The van der Waals surface area contributed by atoms with E-state index in [1.165, 1.54) is 6.07 Å². The van der Waals surface area contributed by atoms with Crippen molar-refractivity contribution in [2.24, 2.45) is 5.73 Å². The molecule has 2 N–H and O–H groups in total. The molecule has 3 rings (SSSR count). The molecule has 0 saturated heterocycles. The van der Waals surface area contributed by atoms with Gasteiger partial charge in [-0.2, -0.15) is 0 Å². The number of primary amides is 1. The van der Waals surface area contributed by atoms with Crippen molar-refractivity contribution in [3.05, 3.63) is 33.7 Å². The van der Waals surface area contributed by atoms with Gasteiger partial charge in [-0.3, -0.25) is 0 Å². The maximum absolute atomic E-state index is 14.2. The number of alkyl halides is 3. The molecule has 0 spiro atoms. The summed E-state index contributed by atoms with van der Waals surface area (Å²) in [6.07, 6.45) is -6.73. The average Bonchev–Trinajstić information content (AvgIpc) is 3.17. The minimum absolute atomic E-state index is 0.150. The SMILES string of the molecule is NC(=O)OCc1nnc(-c2cc3c(Br)cccc3n2C(F)C(F)F)s1. The Morgan fingerprint density at radius 3 is 2.80 bits per heavy atom. The quantitative estimate of drug-likeness (QED) is 0.650. The molecule has 11 heteroatoms. The fourth-order valence-corrected chi connectivity index (χ4v) is 3.54. The lowest BCUT2D eigenvalue weighted by Crippen LogP contribution is -2.13. The minimum Gasteiger partial charge on any atom is -0.442 e. The summed E-state index contributed by atoms with van der Waals surface area (Å²) in [6, 6.07) is 6.43. The van der Waals surface area contributed by atoms with Crippen molar-refractivity contribution in [1.29, 1.82) is 0 Å². The second kappa shape index (κ2) is 7.00.